The number of para-hydroxylation sites is 1. The highest BCUT2D eigenvalue weighted by Gasteiger charge is 2.55. The average molecular weight is 589 g/mol. The lowest BCUT2D eigenvalue weighted by Crippen LogP contribution is -2.67. The van der Waals surface area contributed by atoms with Crippen molar-refractivity contribution in [3.05, 3.63) is 29.3 Å². The monoisotopic (exact) mass is 588 g/mol. The first-order valence-electron chi connectivity index (χ1n) is 13.9. The van der Waals surface area contributed by atoms with Crippen LogP contribution in [0.1, 0.15) is 57.1 Å². The lowest BCUT2D eigenvalue weighted by atomic mass is 9.79. The van der Waals surface area contributed by atoms with E-state index in [1.54, 1.807) is 0 Å². The second-order valence-electron chi connectivity index (χ2n) is 11.1. The minimum Gasteiger partial charge on any atom is -0.434 e. The number of rotatable bonds is 11. The molecule has 0 aliphatic carbocycles. The summed E-state index contributed by atoms with van der Waals surface area (Å²) in [4.78, 5) is 12.4. The molecule has 7 N–H and O–H groups in total. The second-order valence-corrected chi connectivity index (χ2v) is 11.1. The molecule has 1 aromatic rings. The summed E-state index contributed by atoms with van der Waals surface area (Å²) in [6.45, 7) is 6.55. The van der Waals surface area contributed by atoms with Gasteiger partial charge in [-0.15, -0.1) is 0 Å². The van der Waals surface area contributed by atoms with E-state index in [1.807, 2.05) is 45.9 Å². The Morgan fingerprint density at radius 3 is 1.98 bits per heavy atom. The molecule has 0 saturated carbocycles. The molecule has 1 aromatic carbocycles. The van der Waals surface area contributed by atoms with Gasteiger partial charge in [0.05, 0.1) is 44.7 Å². The van der Waals surface area contributed by atoms with Gasteiger partial charge in [-0.25, -0.2) is 4.79 Å². The molecule has 2 aliphatic heterocycles. The number of ether oxygens (including phenoxy) is 5. The van der Waals surface area contributed by atoms with E-state index in [4.69, 9.17) is 23.7 Å². The van der Waals surface area contributed by atoms with Crippen LogP contribution in [-0.2, 0) is 18.9 Å². The number of aliphatic hydroxyl groups is 7. The van der Waals surface area contributed by atoms with Crippen molar-refractivity contribution >= 4 is 6.16 Å². The molecular weight excluding hydrogens is 544 g/mol. The summed E-state index contributed by atoms with van der Waals surface area (Å²) in [5.41, 5.74) is 1.78. The Balaban J connectivity index is 1.52. The Hall–Kier alpha value is -1.91. The highest BCUT2D eigenvalue weighted by Crippen LogP contribution is 2.37. The van der Waals surface area contributed by atoms with Gasteiger partial charge in [0.25, 0.3) is 0 Å². The van der Waals surface area contributed by atoms with Crippen molar-refractivity contribution in [2.75, 3.05) is 26.4 Å². The van der Waals surface area contributed by atoms with Crippen LogP contribution in [0, 0.1) is 5.92 Å². The molecule has 10 atom stereocenters. The largest absolute Gasteiger partial charge is 0.513 e. The minimum atomic E-state index is -1.70. The molecule has 0 spiro atoms. The molecule has 0 radical (unpaired) electrons. The van der Waals surface area contributed by atoms with Crippen LogP contribution in [0.5, 0.6) is 5.75 Å². The summed E-state index contributed by atoms with van der Waals surface area (Å²) < 4.78 is 27.4. The first kappa shape index (κ1) is 33.6. The normalized spacial score (nSPS) is 34.2. The maximum atomic E-state index is 12.4. The van der Waals surface area contributed by atoms with Crippen molar-refractivity contribution in [1.82, 2.24) is 0 Å². The number of hydrogen-bond donors (Lipinski definition) is 7. The highest BCUT2D eigenvalue weighted by molar-refractivity contribution is 5.66. The fraction of sp³-hybridized carbons (Fsp3) is 0.750. The van der Waals surface area contributed by atoms with Crippen LogP contribution in [0.3, 0.4) is 0 Å². The zero-order valence-corrected chi connectivity index (χ0v) is 23.8. The Morgan fingerprint density at radius 1 is 0.805 bits per heavy atom. The highest BCUT2D eigenvalue weighted by atomic mass is 16.7. The van der Waals surface area contributed by atoms with Gasteiger partial charge in [0.15, 0.2) is 6.29 Å². The van der Waals surface area contributed by atoms with Crippen LogP contribution in [0.15, 0.2) is 18.2 Å². The van der Waals surface area contributed by atoms with Gasteiger partial charge in [-0.05, 0) is 23.0 Å². The third kappa shape index (κ3) is 7.73. The minimum absolute atomic E-state index is 0.0512. The van der Waals surface area contributed by atoms with Crippen molar-refractivity contribution in [2.45, 2.75) is 101 Å². The van der Waals surface area contributed by atoms with E-state index in [0.717, 1.165) is 11.1 Å². The maximum Gasteiger partial charge on any atom is 0.513 e. The molecule has 0 amide bonds. The van der Waals surface area contributed by atoms with Gasteiger partial charge >= 0.3 is 6.16 Å². The molecule has 5 unspecified atom stereocenters. The molecule has 2 aliphatic rings. The maximum absolute atomic E-state index is 12.4. The van der Waals surface area contributed by atoms with Gasteiger partial charge in [0, 0.05) is 12.3 Å². The molecule has 13 heteroatoms. The third-order valence-electron chi connectivity index (χ3n) is 7.55. The van der Waals surface area contributed by atoms with Crippen molar-refractivity contribution in [1.29, 1.82) is 0 Å². The molecule has 2 fully saturated rings. The third-order valence-corrected chi connectivity index (χ3v) is 7.55. The Labute approximate surface area is 239 Å². The van der Waals surface area contributed by atoms with Crippen LogP contribution in [0.4, 0.5) is 4.79 Å². The van der Waals surface area contributed by atoms with E-state index in [2.05, 4.69) is 0 Å². The Bertz CT molecular complexity index is 942. The summed E-state index contributed by atoms with van der Waals surface area (Å²) in [5, 5.41) is 71.4. The smallest absolute Gasteiger partial charge is 0.434 e. The molecular formula is C28H44O13. The zero-order valence-electron chi connectivity index (χ0n) is 23.8. The molecule has 0 bridgehead atoms. The molecule has 2 saturated heterocycles. The summed E-state index contributed by atoms with van der Waals surface area (Å²) in [6.07, 6.45) is -14.1. The van der Waals surface area contributed by atoms with E-state index < -0.39 is 80.4 Å². The number of hydrogen-bond acceptors (Lipinski definition) is 13. The van der Waals surface area contributed by atoms with E-state index in [1.165, 1.54) is 0 Å². The SMILES string of the molecule is CC(C)c1cccc(C(C)C)c1OC(=O)OCCCOC1OC(CO)[C@H]([C@H]2OC(CO)[C@@H](O)C(O)[C@H]2O)C(O)[C@H]1O. The fourth-order valence-electron chi connectivity index (χ4n) is 5.24. The van der Waals surface area contributed by atoms with Gasteiger partial charge in [0.2, 0.25) is 0 Å². The van der Waals surface area contributed by atoms with E-state index in [0.29, 0.717) is 5.75 Å². The topological polar surface area (TPSA) is 205 Å². The fourth-order valence-corrected chi connectivity index (χ4v) is 5.24. The van der Waals surface area contributed by atoms with Gasteiger partial charge in [-0.2, -0.15) is 0 Å². The second kappa shape index (κ2) is 15.0. The molecule has 3 rings (SSSR count). The van der Waals surface area contributed by atoms with E-state index in [-0.39, 0.29) is 31.5 Å². The molecule has 0 aromatic heterocycles. The van der Waals surface area contributed by atoms with Crippen LogP contribution in [0.25, 0.3) is 0 Å². The standard InChI is InChI=1S/C28H44O13/c1-13(2)15-7-5-8-16(14(3)4)25(15)41-28(36)38-10-6-9-37-27-24(35)21(32)19(17(11-29)40-27)26-23(34)22(33)20(31)18(12-30)39-26/h5,7-8,13-14,17-24,26-27,29-35H,6,9-12H2,1-4H3/t17?,18?,19-,20+,21?,22?,23+,24+,26+,27?/m0/s1. The number of aliphatic hydroxyl groups excluding tert-OH is 7. The van der Waals surface area contributed by atoms with Crippen molar-refractivity contribution in [2.24, 2.45) is 5.92 Å². The predicted octanol–water partition coefficient (Wildman–Crippen LogP) is -0.247. The number of carbonyl (C=O) groups is 1. The van der Waals surface area contributed by atoms with Crippen LogP contribution >= 0.6 is 0 Å². The van der Waals surface area contributed by atoms with E-state index in [9.17, 15) is 40.5 Å². The van der Waals surface area contributed by atoms with Crippen molar-refractivity contribution in [3.8, 4) is 5.75 Å². The first-order valence-corrected chi connectivity index (χ1v) is 13.9. The summed E-state index contributed by atoms with van der Waals surface area (Å²) >= 11 is 0. The van der Waals surface area contributed by atoms with Gasteiger partial charge in [-0.1, -0.05) is 45.9 Å². The van der Waals surface area contributed by atoms with Gasteiger partial charge in [0.1, 0.15) is 36.3 Å². The molecule has 41 heavy (non-hydrogen) atoms. The van der Waals surface area contributed by atoms with Gasteiger partial charge in [-0.3, -0.25) is 0 Å². The number of benzene rings is 1. The summed E-state index contributed by atoms with van der Waals surface area (Å²) in [5.74, 6) is -0.491. The van der Waals surface area contributed by atoms with Crippen LogP contribution < -0.4 is 4.74 Å². The molecule has 13 nitrogen and oxygen atoms in total. The lowest BCUT2D eigenvalue weighted by molar-refractivity contribution is -0.324. The predicted molar refractivity (Wildman–Crippen MR) is 142 cm³/mol. The average Bonchev–Trinajstić information content (AvgIpc) is 2.94. The first-order chi connectivity index (χ1) is 19.4. The Morgan fingerprint density at radius 2 is 1.41 bits per heavy atom. The molecule has 234 valence electrons. The Kier molecular flexibility index (Phi) is 12.3. The zero-order chi connectivity index (χ0) is 30.4. The number of carbonyl (C=O) groups excluding carboxylic acids is 1. The van der Waals surface area contributed by atoms with Crippen molar-refractivity contribution in [3.63, 3.8) is 0 Å². The quantitative estimate of drug-likeness (QED) is 0.101. The lowest BCUT2D eigenvalue weighted by Gasteiger charge is -2.49. The van der Waals surface area contributed by atoms with Crippen LogP contribution in [-0.4, -0.2) is 123 Å². The molecule has 2 heterocycles. The summed E-state index contributed by atoms with van der Waals surface area (Å²) in [7, 11) is 0. The van der Waals surface area contributed by atoms with E-state index >= 15 is 0 Å². The van der Waals surface area contributed by atoms with Gasteiger partial charge < -0.3 is 59.4 Å². The van der Waals surface area contributed by atoms with Crippen molar-refractivity contribution < 1.29 is 64.2 Å². The summed E-state index contributed by atoms with van der Waals surface area (Å²) in [6, 6.07) is 5.73. The van der Waals surface area contributed by atoms with Crippen LogP contribution in [0.2, 0.25) is 0 Å².